The van der Waals surface area contributed by atoms with Crippen LogP contribution < -0.4 is 5.32 Å². The Morgan fingerprint density at radius 3 is 2.48 bits per heavy atom. The molecule has 0 radical (unpaired) electrons. The number of nitrogens with zero attached hydrogens (tertiary/aromatic N) is 2. The molecule has 23 heavy (non-hydrogen) atoms. The summed E-state index contributed by atoms with van der Waals surface area (Å²) in [7, 11) is 0. The molecule has 0 saturated heterocycles. The number of carbonyl (C=O) groups is 1. The van der Waals surface area contributed by atoms with E-state index in [4.69, 9.17) is 0 Å². The summed E-state index contributed by atoms with van der Waals surface area (Å²) in [6, 6.07) is 16.7. The first-order chi connectivity index (χ1) is 11.3. The van der Waals surface area contributed by atoms with Crippen LogP contribution in [-0.2, 0) is 6.42 Å². The van der Waals surface area contributed by atoms with Gasteiger partial charge in [-0.3, -0.25) is 9.78 Å². The van der Waals surface area contributed by atoms with Crippen LogP contribution in [0.4, 0.5) is 0 Å². The molecule has 0 fully saturated rings. The smallest absolute Gasteiger partial charge is 0.271 e. The van der Waals surface area contributed by atoms with Gasteiger partial charge < -0.3 is 10.4 Å². The molecule has 1 amide bonds. The van der Waals surface area contributed by atoms with Crippen LogP contribution in [0.3, 0.4) is 0 Å². The van der Waals surface area contributed by atoms with E-state index in [1.807, 2.05) is 54.6 Å². The van der Waals surface area contributed by atoms with Crippen LogP contribution in [-0.4, -0.2) is 33.6 Å². The van der Waals surface area contributed by atoms with Gasteiger partial charge in [0.05, 0.1) is 29.9 Å². The summed E-state index contributed by atoms with van der Waals surface area (Å²) in [6.45, 7) is -0.137. The molecule has 1 heterocycles. The second kappa shape index (κ2) is 6.98. The molecular weight excluding hydrogens is 290 g/mol. The number of carbonyl (C=O) groups excluding carboxylic acids is 1. The third-order valence-corrected chi connectivity index (χ3v) is 3.56. The highest BCUT2D eigenvalue weighted by atomic mass is 16.3. The number of aromatic nitrogens is 2. The lowest BCUT2D eigenvalue weighted by molar-refractivity contribution is 0.0911. The van der Waals surface area contributed by atoms with E-state index < -0.39 is 0 Å². The predicted octanol–water partition coefficient (Wildman–Crippen LogP) is 1.96. The number of amides is 1. The van der Waals surface area contributed by atoms with E-state index in [2.05, 4.69) is 15.3 Å². The number of fused-ring (bicyclic) bond motifs is 1. The Hall–Kier alpha value is -2.79. The van der Waals surface area contributed by atoms with Crippen molar-refractivity contribution in [3.63, 3.8) is 0 Å². The van der Waals surface area contributed by atoms with E-state index >= 15 is 0 Å². The van der Waals surface area contributed by atoms with Crippen LogP contribution in [0.1, 0.15) is 16.1 Å². The summed E-state index contributed by atoms with van der Waals surface area (Å²) < 4.78 is 0. The van der Waals surface area contributed by atoms with Gasteiger partial charge in [-0.2, -0.15) is 0 Å². The van der Waals surface area contributed by atoms with Crippen LogP contribution in [0.5, 0.6) is 0 Å². The maximum Gasteiger partial charge on any atom is 0.271 e. The van der Waals surface area contributed by atoms with Crippen LogP contribution in [0.15, 0.2) is 60.8 Å². The molecule has 0 aliphatic heterocycles. The monoisotopic (exact) mass is 307 g/mol. The van der Waals surface area contributed by atoms with Crippen molar-refractivity contribution in [3.05, 3.63) is 72.1 Å². The third kappa shape index (κ3) is 3.70. The van der Waals surface area contributed by atoms with E-state index in [1.54, 1.807) is 0 Å². The summed E-state index contributed by atoms with van der Waals surface area (Å²) in [5.41, 5.74) is 2.71. The normalized spacial score (nSPS) is 12.0. The minimum atomic E-state index is -0.363. The summed E-state index contributed by atoms with van der Waals surface area (Å²) >= 11 is 0. The highest BCUT2D eigenvalue weighted by Crippen LogP contribution is 2.09. The summed E-state index contributed by atoms with van der Waals surface area (Å²) in [5.74, 6) is -0.335. The van der Waals surface area contributed by atoms with Crippen molar-refractivity contribution < 1.29 is 9.90 Å². The molecule has 0 spiro atoms. The molecule has 5 heteroatoms. The fourth-order valence-electron chi connectivity index (χ4n) is 2.39. The first-order valence-electron chi connectivity index (χ1n) is 7.43. The van der Waals surface area contributed by atoms with Gasteiger partial charge in [0, 0.05) is 0 Å². The Morgan fingerprint density at radius 1 is 1.04 bits per heavy atom. The SMILES string of the molecule is O=C(N[C@H](CO)Cc1ccccc1)c1cnc2ccccc2n1. The zero-order chi connectivity index (χ0) is 16.1. The van der Waals surface area contributed by atoms with Gasteiger partial charge in [0.1, 0.15) is 5.69 Å². The Kier molecular flexibility index (Phi) is 4.59. The van der Waals surface area contributed by atoms with Gasteiger partial charge in [-0.1, -0.05) is 42.5 Å². The molecule has 5 nitrogen and oxygen atoms in total. The quantitative estimate of drug-likeness (QED) is 0.755. The van der Waals surface area contributed by atoms with Gasteiger partial charge in [0.15, 0.2) is 0 Å². The highest BCUT2D eigenvalue weighted by molar-refractivity contribution is 5.93. The van der Waals surface area contributed by atoms with Gasteiger partial charge >= 0.3 is 0 Å². The van der Waals surface area contributed by atoms with Crippen molar-refractivity contribution in [2.75, 3.05) is 6.61 Å². The van der Waals surface area contributed by atoms with Crippen molar-refractivity contribution in [1.29, 1.82) is 0 Å². The number of aliphatic hydroxyl groups is 1. The molecule has 2 aromatic carbocycles. The maximum absolute atomic E-state index is 12.3. The lowest BCUT2D eigenvalue weighted by Gasteiger charge is -2.16. The van der Waals surface area contributed by atoms with Crippen molar-refractivity contribution in [3.8, 4) is 0 Å². The van der Waals surface area contributed by atoms with Crippen LogP contribution in [0, 0.1) is 0 Å². The molecule has 116 valence electrons. The van der Waals surface area contributed by atoms with Crippen molar-refractivity contribution >= 4 is 16.9 Å². The molecule has 2 N–H and O–H groups in total. The molecule has 1 aromatic heterocycles. The molecular formula is C18H17N3O2. The van der Waals surface area contributed by atoms with Crippen LogP contribution in [0.2, 0.25) is 0 Å². The number of rotatable bonds is 5. The molecule has 0 saturated carbocycles. The molecule has 1 atom stereocenters. The summed E-state index contributed by atoms with van der Waals surface area (Å²) in [6.07, 6.45) is 2.01. The van der Waals surface area contributed by atoms with Crippen LogP contribution in [0.25, 0.3) is 11.0 Å². The lowest BCUT2D eigenvalue weighted by atomic mass is 10.1. The first kappa shape index (κ1) is 15.1. The molecule has 0 aliphatic rings. The molecule has 3 aromatic rings. The molecule has 3 rings (SSSR count). The van der Waals surface area contributed by atoms with Gasteiger partial charge in [0.2, 0.25) is 0 Å². The minimum Gasteiger partial charge on any atom is -0.394 e. The Morgan fingerprint density at radius 2 is 1.74 bits per heavy atom. The minimum absolute atomic E-state index is 0.137. The van der Waals surface area contributed by atoms with Crippen molar-refractivity contribution in [2.24, 2.45) is 0 Å². The van der Waals surface area contributed by atoms with Gasteiger partial charge in [-0.05, 0) is 24.1 Å². The number of nitrogens with one attached hydrogen (secondary N) is 1. The summed E-state index contributed by atoms with van der Waals surface area (Å²) in [4.78, 5) is 20.9. The Labute approximate surface area is 134 Å². The van der Waals surface area contributed by atoms with E-state index in [0.29, 0.717) is 11.9 Å². The topological polar surface area (TPSA) is 75.1 Å². The fourth-order valence-corrected chi connectivity index (χ4v) is 2.39. The van der Waals surface area contributed by atoms with E-state index in [1.165, 1.54) is 6.20 Å². The van der Waals surface area contributed by atoms with Gasteiger partial charge in [0.25, 0.3) is 5.91 Å². The molecule has 0 bridgehead atoms. The number of benzene rings is 2. The first-order valence-corrected chi connectivity index (χ1v) is 7.43. The Balaban J connectivity index is 1.73. The van der Waals surface area contributed by atoms with Crippen molar-refractivity contribution in [1.82, 2.24) is 15.3 Å². The second-order valence-corrected chi connectivity index (χ2v) is 5.29. The maximum atomic E-state index is 12.3. The van der Waals surface area contributed by atoms with Gasteiger partial charge in [-0.15, -0.1) is 0 Å². The number of aliphatic hydroxyl groups excluding tert-OH is 1. The number of hydrogen-bond acceptors (Lipinski definition) is 4. The molecule has 0 unspecified atom stereocenters. The van der Waals surface area contributed by atoms with Crippen molar-refractivity contribution in [2.45, 2.75) is 12.5 Å². The number of hydrogen-bond donors (Lipinski definition) is 2. The van der Waals surface area contributed by atoms with E-state index in [9.17, 15) is 9.90 Å². The lowest BCUT2D eigenvalue weighted by Crippen LogP contribution is -2.39. The fraction of sp³-hybridized carbons (Fsp3) is 0.167. The zero-order valence-electron chi connectivity index (χ0n) is 12.5. The van der Waals surface area contributed by atoms with Crippen LogP contribution >= 0.6 is 0 Å². The molecule has 0 aliphatic carbocycles. The second-order valence-electron chi connectivity index (χ2n) is 5.29. The number of para-hydroxylation sites is 2. The Bertz CT molecular complexity index is 805. The largest absolute Gasteiger partial charge is 0.394 e. The van der Waals surface area contributed by atoms with E-state index in [-0.39, 0.29) is 24.2 Å². The highest BCUT2D eigenvalue weighted by Gasteiger charge is 2.15. The standard InChI is InChI=1S/C18H17N3O2/c22-12-14(10-13-6-2-1-3-7-13)20-18(23)17-11-19-15-8-4-5-9-16(15)21-17/h1-9,11,14,22H,10,12H2,(H,20,23)/t14-/m0/s1. The van der Waals surface area contributed by atoms with Gasteiger partial charge in [-0.25, -0.2) is 4.98 Å². The zero-order valence-corrected chi connectivity index (χ0v) is 12.5. The van der Waals surface area contributed by atoms with E-state index in [0.717, 1.165) is 11.1 Å². The third-order valence-electron chi connectivity index (χ3n) is 3.56. The summed E-state index contributed by atoms with van der Waals surface area (Å²) in [5, 5.41) is 12.3. The average molecular weight is 307 g/mol. The average Bonchev–Trinajstić information content (AvgIpc) is 2.61. The predicted molar refractivity (Wildman–Crippen MR) is 88.0 cm³/mol.